The van der Waals surface area contributed by atoms with Gasteiger partial charge in [-0.3, -0.25) is 9.36 Å². The van der Waals surface area contributed by atoms with Gasteiger partial charge in [-0.2, -0.15) is 0 Å². The molecule has 2 heterocycles. The highest BCUT2D eigenvalue weighted by atomic mass is 32.2. The summed E-state index contributed by atoms with van der Waals surface area (Å²) in [6, 6.07) is 16.1. The van der Waals surface area contributed by atoms with Gasteiger partial charge in [0.1, 0.15) is 23.0 Å². The minimum atomic E-state index is -0.312. The lowest BCUT2D eigenvalue weighted by Crippen LogP contribution is -2.11. The molecule has 0 bridgehead atoms. The highest BCUT2D eigenvalue weighted by Gasteiger charge is 2.34. The first-order valence-corrected chi connectivity index (χ1v) is 9.59. The highest BCUT2D eigenvalue weighted by molar-refractivity contribution is 8.00. The highest BCUT2D eigenvalue weighted by Crippen LogP contribution is 2.33. The molecule has 0 unspecified atom stereocenters. The van der Waals surface area contributed by atoms with E-state index in [1.807, 2.05) is 41.8 Å². The van der Waals surface area contributed by atoms with E-state index in [-0.39, 0.29) is 23.1 Å². The molecule has 0 saturated carbocycles. The molecule has 1 aromatic heterocycles. The van der Waals surface area contributed by atoms with Crippen molar-refractivity contribution < 1.29 is 13.9 Å². The first-order chi connectivity index (χ1) is 13.1. The molecule has 0 amide bonds. The average Bonchev–Trinajstić information content (AvgIpc) is 3.19. The predicted molar refractivity (Wildman–Crippen MR) is 100 cm³/mol. The molecule has 1 aliphatic heterocycles. The summed E-state index contributed by atoms with van der Waals surface area (Å²) in [6.45, 7) is 1.88. The second kappa shape index (κ2) is 7.52. The standard InChI is InChI=1S/C20H18FN3O2S/c1-13-11-17(19(25)26-13)27-20-23-22-18(12-14-5-3-2-4-6-14)24(20)16-9-7-15(21)8-10-16/h2-10,13,17H,11-12H2,1H3/t13-,17+/m0/s1. The van der Waals surface area contributed by atoms with Crippen LogP contribution in [0.25, 0.3) is 5.69 Å². The number of ether oxygens (including phenoxy) is 1. The zero-order valence-electron chi connectivity index (χ0n) is 14.7. The molecule has 1 saturated heterocycles. The number of cyclic esters (lactones) is 1. The Kier molecular flexibility index (Phi) is 4.94. The molecule has 1 aliphatic rings. The van der Waals surface area contributed by atoms with Crippen LogP contribution in [0.15, 0.2) is 59.8 Å². The Bertz CT molecular complexity index is 944. The van der Waals surface area contributed by atoms with Gasteiger partial charge in [0.2, 0.25) is 0 Å². The van der Waals surface area contributed by atoms with Gasteiger partial charge in [-0.05, 0) is 36.8 Å². The average molecular weight is 383 g/mol. The van der Waals surface area contributed by atoms with Gasteiger partial charge in [-0.15, -0.1) is 10.2 Å². The van der Waals surface area contributed by atoms with Gasteiger partial charge in [0.15, 0.2) is 5.16 Å². The number of hydrogen-bond donors (Lipinski definition) is 0. The molecular formula is C20H18FN3O2S. The van der Waals surface area contributed by atoms with E-state index in [2.05, 4.69) is 10.2 Å². The van der Waals surface area contributed by atoms with E-state index in [1.54, 1.807) is 12.1 Å². The molecule has 27 heavy (non-hydrogen) atoms. The van der Waals surface area contributed by atoms with Crippen molar-refractivity contribution in [3.8, 4) is 5.69 Å². The predicted octanol–water partition coefficient (Wildman–Crippen LogP) is 3.79. The van der Waals surface area contributed by atoms with Crippen LogP contribution in [0.4, 0.5) is 4.39 Å². The maximum absolute atomic E-state index is 13.4. The lowest BCUT2D eigenvalue weighted by Gasteiger charge is -2.11. The van der Waals surface area contributed by atoms with Crippen LogP contribution in [-0.4, -0.2) is 32.1 Å². The Balaban J connectivity index is 1.70. The summed E-state index contributed by atoms with van der Waals surface area (Å²) in [5, 5.41) is 8.94. The fraction of sp³-hybridized carbons (Fsp3) is 0.250. The van der Waals surface area contributed by atoms with Crippen molar-refractivity contribution in [2.45, 2.75) is 36.3 Å². The molecule has 0 spiro atoms. The van der Waals surface area contributed by atoms with Crippen LogP contribution >= 0.6 is 11.8 Å². The number of esters is 1. The number of aromatic nitrogens is 3. The third-order valence-electron chi connectivity index (χ3n) is 4.36. The smallest absolute Gasteiger partial charge is 0.319 e. The summed E-state index contributed by atoms with van der Waals surface area (Å²) in [6.07, 6.45) is 1.12. The van der Waals surface area contributed by atoms with Crippen LogP contribution in [0.2, 0.25) is 0 Å². The number of halogens is 1. The monoisotopic (exact) mass is 383 g/mol. The van der Waals surface area contributed by atoms with Gasteiger partial charge < -0.3 is 4.74 Å². The van der Waals surface area contributed by atoms with Crippen molar-refractivity contribution in [3.05, 3.63) is 71.8 Å². The number of nitrogens with zero attached hydrogens (tertiary/aromatic N) is 3. The van der Waals surface area contributed by atoms with Crippen molar-refractivity contribution in [2.24, 2.45) is 0 Å². The van der Waals surface area contributed by atoms with E-state index in [4.69, 9.17) is 4.74 Å². The Labute approximate surface area is 160 Å². The minimum Gasteiger partial charge on any atom is -0.462 e. The number of carbonyl (C=O) groups excluding carboxylic acids is 1. The third-order valence-corrected chi connectivity index (χ3v) is 5.51. The second-order valence-electron chi connectivity index (χ2n) is 6.46. The molecule has 5 nitrogen and oxygen atoms in total. The Hall–Kier alpha value is -2.67. The van der Waals surface area contributed by atoms with Gasteiger partial charge in [0.25, 0.3) is 0 Å². The van der Waals surface area contributed by atoms with E-state index < -0.39 is 0 Å². The summed E-state index contributed by atoms with van der Waals surface area (Å²) in [4.78, 5) is 12.0. The summed E-state index contributed by atoms with van der Waals surface area (Å²) in [5.41, 5.74) is 1.85. The van der Waals surface area contributed by atoms with E-state index in [9.17, 15) is 9.18 Å². The quantitative estimate of drug-likeness (QED) is 0.628. The number of thioether (sulfide) groups is 1. The van der Waals surface area contributed by atoms with Crippen LogP contribution in [0.3, 0.4) is 0 Å². The first kappa shape index (κ1) is 17.7. The van der Waals surface area contributed by atoms with Gasteiger partial charge in [-0.1, -0.05) is 42.1 Å². The molecule has 3 aromatic rings. The minimum absolute atomic E-state index is 0.0963. The van der Waals surface area contributed by atoms with Crippen LogP contribution in [0, 0.1) is 5.82 Å². The van der Waals surface area contributed by atoms with E-state index in [1.165, 1.54) is 23.9 Å². The summed E-state index contributed by atoms with van der Waals surface area (Å²) in [7, 11) is 0. The van der Waals surface area contributed by atoms with Crippen molar-refractivity contribution in [3.63, 3.8) is 0 Å². The zero-order valence-corrected chi connectivity index (χ0v) is 15.5. The van der Waals surface area contributed by atoms with E-state index in [0.29, 0.717) is 18.0 Å². The summed E-state index contributed by atoms with van der Waals surface area (Å²) in [5.74, 6) is 0.194. The van der Waals surface area contributed by atoms with Crippen molar-refractivity contribution in [2.75, 3.05) is 0 Å². The normalized spacial score (nSPS) is 19.3. The van der Waals surface area contributed by atoms with Crippen molar-refractivity contribution in [1.29, 1.82) is 0 Å². The molecule has 138 valence electrons. The van der Waals surface area contributed by atoms with Crippen molar-refractivity contribution >= 4 is 17.7 Å². The fourth-order valence-electron chi connectivity index (χ4n) is 3.06. The molecule has 7 heteroatoms. The SMILES string of the molecule is C[C@H]1C[C@@H](Sc2nnc(Cc3ccccc3)n2-c2ccc(F)cc2)C(=O)O1. The van der Waals surface area contributed by atoms with E-state index >= 15 is 0 Å². The number of rotatable bonds is 5. The maximum Gasteiger partial charge on any atom is 0.319 e. The fourth-order valence-corrected chi connectivity index (χ4v) is 4.24. The summed E-state index contributed by atoms with van der Waals surface area (Å²) >= 11 is 1.34. The maximum atomic E-state index is 13.4. The Morgan fingerprint density at radius 3 is 2.56 bits per heavy atom. The molecule has 0 N–H and O–H groups in total. The zero-order chi connectivity index (χ0) is 18.8. The molecule has 0 radical (unpaired) electrons. The molecule has 2 atom stereocenters. The van der Waals surface area contributed by atoms with Gasteiger partial charge >= 0.3 is 5.97 Å². The molecule has 4 rings (SSSR count). The van der Waals surface area contributed by atoms with Gasteiger partial charge in [-0.25, -0.2) is 4.39 Å². The number of hydrogen-bond acceptors (Lipinski definition) is 5. The number of carbonyl (C=O) groups is 1. The Morgan fingerprint density at radius 1 is 1.15 bits per heavy atom. The largest absolute Gasteiger partial charge is 0.462 e. The van der Waals surface area contributed by atoms with Crippen LogP contribution < -0.4 is 0 Å². The number of benzene rings is 2. The molecule has 1 fully saturated rings. The molecule has 0 aliphatic carbocycles. The third kappa shape index (κ3) is 3.88. The van der Waals surface area contributed by atoms with E-state index in [0.717, 1.165) is 17.1 Å². The Morgan fingerprint density at radius 2 is 1.89 bits per heavy atom. The molecule has 2 aromatic carbocycles. The lowest BCUT2D eigenvalue weighted by molar-refractivity contribution is -0.140. The van der Waals surface area contributed by atoms with Crippen LogP contribution in [0.1, 0.15) is 24.7 Å². The van der Waals surface area contributed by atoms with Gasteiger partial charge in [0.05, 0.1) is 0 Å². The van der Waals surface area contributed by atoms with Crippen LogP contribution in [-0.2, 0) is 16.0 Å². The van der Waals surface area contributed by atoms with Crippen LogP contribution in [0.5, 0.6) is 0 Å². The van der Waals surface area contributed by atoms with Crippen molar-refractivity contribution in [1.82, 2.24) is 14.8 Å². The topological polar surface area (TPSA) is 57.0 Å². The molecular weight excluding hydrogens is 365 g/mol. The lowest BCUT2D eigenvalue weighted by atomic mass is 10.1. The summed E-state index contributed by atoms with van der Waals surface area (Å²) < 4.78 is 20.5. The first-order valence-electron chi connectivity index (χ1n) is 8.71. The second-order valence-corrected chi connectivity index (χ2v) is 7.63. The van der Waals surface area contributed by atoms with Gasteiger partial charge in [0, 0.05) is 18.5 Å².